The molecule has 6 nitrogen and oxygen atoms in total. The smallest absolute Gasteiger partial charge is 0.345 e. The van der Waals surface area contributed by atoms with Gasteiger partial charge in [-0.3, -0.25) is 4.98 Å². The maximum Gasteiger partial charge on any atom is 0.345 e. The molecule has 23 heavy (non-hydrogen) atoms. The molecule has 114 valence electrons. The van der Waals surface area contributed by atoms with Crippen LogP contribution in [0.4, 0.5) is 5.69 Å². The average molecular weight is 306 g/mol. The molecule has 0 fully saturated rings. The summed E-state index contributed by atoms with van der Waals surface area (Å²) >= 11 is 0. The van der Waals surface area contributed by atoms with Gasteiger partial charge < -0.3 is 14.6 Å². The minimum atomic E-state index is -0.436. The van der Waals surface area contributed by atoms with E-state index >= 15 is 0 Å². The van der Waals surface area contributed by atoms with E-state index in [1.54, 1.807) is 18.2 Å². The van der Waals surface area contributed by atoms with E-state index in [9.17, 15) is 4.79 Å². The van der Waals surface area contributed by atoms with E-state index < -0.39 is 5.63 Å². The van der Waals surface area contributed by atoms with E-state index in [1.807, 2.05) is 36.7 Å². The van der Waals surface area contributed by atoms with Crippen molar-refractivity contribution in [1.29, 1.82) is 0 Å². The summed E-state index contributed by atoms with van der Waals surface area (Å²) in [6, 6.07) is 7.01. The predicted molar refractivity (Wildman–Crippen MR) is 88.4 cm³/mol. The first-order chi connectivity index (χ1) is 11.0. The molecule has 0 saturated heterocycles. The van der Waals surface area contributed by atoms with Crippen LogP contribution in [0, 0.1) is 13.8 Å². The number of anilines is 1. The number of rotatable bonds is 1. The quantitative estimate of drug-likeness (QED) is 0.431. The topological polar surface area (TPSA) is 86.4 Å². The number of nitrogens with two attached hydrogens (primary N) is 1. The summed E-state index contributed by atoms with van der Waals surface area (Å²) in [5, 5.41) is 0.803. The molecule has 4 rings (SSSR count). The van der Waals surface area contributed by atoms with Crippen LogP contribution in [0.25, 0.3) is 27.9 Å². The molecule has 6 heteroatoms. The van der Waals surface area contributed by atoms with Crippen LogP contribution in [0.2, 0.25) is 0 Å². The summed E-state index contributed by atoms with van der Waals surface area (Å²) in [7, 11) is 0. The highest BCUT2D eigenvalue weighted by atomic mass is 16.4. The second-order valence-electron chi connectivity index (χ2n) is 5.57. The highest BCUT2D eigenvalue weighted by Crippen LogP contribution is 2.23. The SMILES string of the molecule is Cc1cn2cc(-c3cc4ccc(N)cc4oc3=O)nc2c(C)n1. The van der Waals surface area contributed by atoms with Crippen LogP contribution < -0.4 is 11.4 Å². The normalized spacial score (nSPS) is 11.4. The van der Waals surface area contributed by atoms with Crippen LogP contribution in [0.3, 0.4) is 0 Å². The van der Waals surface area contributed by atoms with Crippen LogP contribution in [0.1, 0.15) is 11.4 Å². The van der Waals surface area contributed by atoms with Crippen molar-refractivity contribution >= 4 is 22.3 Å². The lowest BCUT2D eigenvalue weighted by Crippen LogP contribution is -2.03. The number of aryl methyl sites for hydroxylation is 2. The van der Waals surface area contributed by atoms with Gasteiger partial charge in [-0.15, -0.1) is 0 Å². The number of benzene rings is 1. The summed E-state index contributed by atoms with van der Waals surface area (Å²) in [6.45, 7) is 3.81. The third-order valence-electron chi connectivity index (χ3n) is 3.76. The van der Waals surface area contributed by atoms with E-state index in [1.165, 1.54) is 0 Å². The van der Waals surface area contributed by atoms with Crippen LogP contribution in [0.15, 0.2) is 45.9 Å². The maximum atomic E-state index is 12.3. The number of fused-ring (bicyclic) bond motifs is 2. The Morgan fingerprint density at radius 3 is 2.78 bits per heavy atom. The highest BCUT2D eigenvalue weighted by molar-refractivity contribution is 5.83. The Labute approximate surface area is 131 Å². The Hall–Kier alpha value is -3.15. The van der Waals surface area contributed by atoms with Crippen molar-refractivity contribution in [2.24, 2.45) is 0 Å². The zero-order valence-corrected chi connectivity index (χ0v) is 12.7. The van der Waals surface area contributed by atoms with Gasteiger partial charge in [0.05, 0.1) is 22.6 Å². The summed E-state index contributed by atoms with van der Waals surface area (Å²) < 4.78 is 7.25. The molecule has 0 aliphatic carbocycles. The van der Waals surface area contributed by atoms with Crippen molar-refractivity contribution in [2.75, 3.05) is 5.73 Å². The summed E-state index contributed by atoms with van der Waals surface area (Å²) in [6.07, 6.45) is 3.69. The molecule has 2 N–H and O–H groups in total. The summed E-state index contributed by atoms with van der Waals surface area (Å²) in [5.74, 6) is 0. The minimum Gasteiger partial charge on any atom is -0.422 e. The molecule has 0 radical (unpaired) electrons. The number of nitrogen functional groups attached to an aromatic ring is 1. The first-order valence-electron chi connectivity index (χ1n) is 7.18. The Morgan fingerprint density at radius 2 is 1.96 bits per heavy atom. The fourth-order valence-corrected chi connectivity index (χ4v) is 2.74. The fraction of sp³-hybridized carbons (Fsp3) is 0.118. The minimum absolute atomic E-state index is 0.419. The van der Waals surface area contributed by atoms with E-state index in [4.69, 9.17) is 10.2 Å². The first-order valence-corrected chi connectivity index (χ1v) is 7.18. The number of hydrogen-bond donors (Lipinski definition) is 1. The molecule has 1 aromatic carbocycles. The van der Waals surface area contributed by atoms with Crippen molar-refractivity contribution in [1.82, 2.24) is 14.4 Å². The third-order valence-corrected chi connectivity index (χ3v) is 3.76. The lowest BCUT2D eigenvalue weighted by atomic mass is 10.1. The van der Waals surface area contributed by atoms with E-state index in [2.05, 4.69) is 9.97 Å². The second-order valence-corrected chi connectivity index (χ2v) is 5.57. The molecule has 3 aromatic heterocycles. The van der Waals surface area contributed by atoms with Gasteiger partial charge in [0.25, 0.3) is 0 Å². The third kappa shape index (κ3) is 2.15. The van der Waals surface area contributed by atoms with Gasteiger partial charge in [0, 0.05) is 29.5 Å². The van der Waals surface area contributed by atoms with Gasteiger partial charge in [0.15, 0.2) is 5.65 Å². The second kappa shape index (κ2) is 4.67. The molecule has 3 heterocycles. The largest absolute Gasteiger partial charge is 0.422 e. The van der Waals surface area contributed by atoms with Crippen LogP contribution in [-0.4, -0.2) is 14.4 Å². The number of hydrogen-bond acceptors (Lipinski definition) is 5. The van der Waals surface area contributed by atoms with Crippen molar-refractivity contribution < 1.29 is 4.42 Å². The number of imidazole rings is 1. The van der Waals surface area contributed by atoms with E-state index in [0.29, 0.717) is 22.5 Å². The standard InChI is InChI=1S/C17H14N4O2/c1-9-7-21-8-14(20-16(21)10(2)19-9)13-5-11-3-4-12(18)6-15(11)23-17(13)22/h3-8H,18H2,1-2H3. The molecule has 0 saturated carbocycles. The Balaban J connectivity index is 1.98. The average Bonchev–Trinajstić information content (AvgIpc) is 2.90. The van der Waals surface area contributed by atoms with Crippen LogP contribution in [-0.2, 0) is 0 Å². The molecular formula is C17H14N4O2. The van der Waals surface area contributed by atoms with E-state index in [0.717, 1.165) is 22.4 Å². The van der Waals surface area contributed by atoms with Gasteiger partial charge in [-0.2, -0.15) is 0 Å². The zero-order chi connectivity index (χ0) is 16.1. The predicted octanol–water partition coefficient (Wildman–Crippen LogP) is 2.70. The molecular weight excluding hydrogens is 292 g/mol. The lowest BCUT2D eigenvalue weighted by molar-refractivity contribution is 0.563. The van der Waals surface area contributed by atoms with Gasteiger partial charge in [0.2, 0.25) is 0 Å². The molecule has 0 unspecified atom stereocenters. The monoisotopic (exact) mass is 306 g/mol. The molecule has 0 amide bonds. The molecule has 0 spiro atoms. The Morgan fingerprint density at radius 1 is 1.13 bits per heavy atom. The van der Waals surface area contributed by atoms with Crippen LogP contribution in [0.5, 0.6) is 0 Å². The lowest BCUT2D eigenvalue weighted by Gasteiger charge is -2.00. The maximum absolute atomic E-state index is 12.3. The Bertz CT molecular complexity index is 1120. The zero-order valence-electron chi connectivity index (χ0n) is 12.7. The molecule has 0 atom stereocenters. The van der Waals surface area contributed by atoms with Crippen molar-refractivity contribution in [2.45, 2.75) is 13.8 Å². The summed E-state index contributed by atoms with van der Waals surface area (Å²) in [4.78, 5) is 21.2. The van der Waals surface area contributed by atoms with Gasteiger partial charge >= 0.3 is 5.63 Å². The number of aromatic nitrogens is 3. The Kier molecular flexibility index (Phi) is 2.74. The number of nitrogens with zero attached hydrogens (tertiary/aromatic N) is 3. The van der Waals surface area contributed by atoms with E-state index in [-0.39, 0.29) is 0 Å². The van der Waals surface area contributed by atoms with Crippen LogP contribution >= 0.6 is 0 Å². The van der Waals surface area contributed by atoms with Crippen molar-refractivity contribution in [3.05, 3.63) is 58.5 Å². The van der Waals surface area contributed by atoms with Crippen molar-refractivity contribution in [3.63, 3.8) is 0 Å². The fourth-order valence-electron chi connectivity index (χ4n) is 2.74. The molecule has 0 aliphatic rings. The first kappa shape index (κ1) is 13.5. The van der Waals surface area contributed by atoms with Crippen molar-refractivity contribution in [3.8, 4) is 11.3 Å². The van der Waals surface area contributed by atoms with Gasteiger partial charge in [0.1, 0.15) is 5.58 Å². The highest BCUT2D eigenvalue weighted by Gasteiger charge is 2.13. The molecule has 4 aromatic rings. The van der Waals surface area contributed by atoms with Gasteiger partial charge in [-0.05, 0) is 32.0 Å². The van der Waals surface area contributed by atoms with Gasteiger partial charge in [-0.1, -0.05) is 0 Å². The molecule has 0 bridgehead atoms. The molecule has 0 aliphatic heterocycles. The summed E-state index contributed by atoms with van der Waals surface area (Å²) in [5.41, 5.74) is 9.72. The van der Waals surface area contributed by atoms with Gasteiger partial charge in [-0.25, -0.2) is 9.78 Å².